The third kappa shape index (κ3) is 3.48. The van der Waals surface area contributed by atoms with Crippen LogP contribution in [0.2, 0.25) is 0 Å². The predicted molar refractivity (Wildman–Crippen MR) is 85.7 cm³/mol. The van der Waals surface area contributed by atoms with Crippen LogP contribution in [0.25, 0.3) is 6.08 Å². The van der Waals surface area contributed by atoms with Crippen LogP contribution in [0.1, 0.15) is 23.6 Å². The topological polar surface area (TPSA) is 75.9 Å². The maximum Gasteiger partial charge on any atom is 0.122 e. The quantitative estimate of drug-likeness (QED) is 0.451. The molecule has 5 N–H and O–H groups in total. The highest BCUT2D eigenvalue weighted by Crippen LogP contribution is 2.17. The molecule has 0 aliphatic rings. The van der Waals surface area contributed by atoms with Crippen molar-refractivity contribution in [3.63, 3.8) is 0 Å². The standard InChI is InChI=1S/C17H19N3/c1-12(10-14-6-2-3-8-16(14)18)9-13-5-4-7-15(11-13)17(19)20/h2-9,11H,10,18H2,1H3,(H3,19,20)/b12-9+. The Bertz CT molecular complexity index is 657. The molecule has 0 heterocycles. The lowest BCUT2D eigenvalue weighted by Crippen LogP contribution is -2.10. The number of allylic oxidation sites excluding steroid dienone is 1. The Morgan fingerprint density at radius 3 is 2.60 bits per heavy atom. The first-order chi connectivity index (χ1) is 9.56. The summed E-state index contributed by atoms with van der Waals surface area (Å²) >= 11 is 0. The van der Waals surface area contributed by atoms with E-state index in [0.717, 1.165) is 28.8 Å². The van der Waals surface area contributed by atoms with E-state index in [9.17, 15) is 0 Å². The minimum atomic E-state index is 0.0882. The van der Waals surface area contributed by atoms with Gasteiger partial charge in [-0.1, -0.05) is 48.0 Å². The molecule has 0 bridgehead atoms. The van der Waals surface area contributed by atoms with Gasteiger partial charge >= 0.3 is 0 Å². The third-order valence-corrected chi connectivity index (χ3v) is 3.14. The van der Waals surface area contributed by atoms with Gasteiger partial charge < -0.3 is 11.5 Å². The normalized spacial score (nSPS) is 11.3. The van der Waals surface area contributed by atoms with Crippen LogP contribution in [-0.4, -0.2) is 5.84 Å². The highest BCUT2D eigenvalue weighted by molar-refractivity contribution is 5.95. The summed E-state index contributed by atoms with van der Waals surface area (Å²) in [6, 6.07) is 15.6. The fourth-order valence-corrected chi connectivity index (χ4v) is 2.13. The van der Waals surface area contributed by atoms with Crippen LogP contribution in [-0.2, 0) is 6.42 Å². The number of nitrogen functional groups attached to an aromatic ring is 2. The van der Waals surface area contributed by atoms with Gasteiger partial charge in [-0.3, -0.25) is 5.41 Å². The third-order valence-electron chi connectivity index (χ3n) is 3.14. The Kier molecular flexibility index (Phi) is 4.20. The lowest BCUT2D eigenvalue weighted by Gasteiger charge is -2.06. The van der Waals surface area contributed by atoms with Crippen molar-refractivity contribution in [3.8, 4) is 0 Å². The fourth-order valence-electron chi connectivity index (χ4n) is 2.13. The van der Waals surface area contributed by atoms with E-state index in [4.69, 9.17) is 16.9 Å². The van der Waals surface area contributed by atoms with E-state index in [1.54, 1.807) is 0 Å². The van der Waals surface area contributed by atoms with Gasteiger partial charge in [-0.05, 0) is 36.6 Å². The van der Waals surface area contributed by atoms with E-state index in [2.05, 4.69) is 13.0 Å². The summed E-state index contributed by atoms with van der Waals surface area (Å²) in [5.41, 5.74) is 16.4. The van der Waals surface area contributed by atoms with Crippen molar-refractivity contribution in [1.29, 1.82) is 5.41 Å². The number of nitrogens with two attached hydrogens (primary N) is 2. The lowest BCUT2D eigenvalue weighted by atomic mass is 10.0. The summed E-state index contributed by atoms with van der Waals surface area (Å²) < 4.78 is 0. The van der Waals surface area contributed by atoms with Gasteiger partial charge in [-0.2, -0.15) is 0 Å². The van der Waals surface area contributed by atoms with Crippen molar-refractivity contribution < 1.29 is 0 Å². The van der Waals surface area contributed by atoms with Gasteiger partial charge in [0.05, 0.1) is 0 Å². The highest BCUT2D eigenvalue weighted by atomic mass is 14.7. The monoisotopic (exact) mass is 265 g/mol. The number of hydrogen-bond acceptors (Lipinski definition) is 2. The second-order valence-electron chi connectivity index (χ2n) is 4.91. The Balaban J connectivity index is 2.20. The van der Waals surface area contributed by atoms with Gasteiger partial charge in [-0.25, -0.2) is 0 Å². The Labute approximate surface area is 119 Å². The average Bonchev–Trinajstić information content (AvgIpc) is 2.41. The predicted octanol–water partition coefficient (Wildman–Crippen LogP) is 3.20. The Morgan fingerprint density at radius 1 is 1.15 bits per heavy atom. The molecule has 2 rings (SSSR count). The number of rotatable bonds is 4. The summed E-state index contributed by atoms with van der Waals surface area (Å²) in [5.74, 6) is 0.0882. The molecule has 0 amide bonds. The maximum atomic E-state index is 7.46. The summed E-state index contributed by atoms with van der Waals surface area (Å²) in [4.78, 5) is 0. The zero-order valence-electron chi connectivity index (χ0n) is 11.6. The molecule has 0 unspecified atom stereocenters. The summed E-state index contributed by atoms with van der Waals surface area (Å²) in [7, 11) is 0. The van der Waals surface area contributed by atoms with Gasteiger partial charge in [0.15, 0.2) is 0 Å². The molecule has 3 heteroatoms. The van der Waals surface area contributed by atoms with Crippen molar-refractivity contribution in [3.05, 3.63) is 70.8 Å². The van der Waals surface area contributed by atoms with Gasteiger partial charge in [0.25, 0.3) is 0 Å². The number of anilines is 1. The largest absolute Gasteiger partial charge is 0.398 e. The van der Waals surface area contributed by atoms with Crippen molar-refractivity contribution in [2.24, 2.45) is 5.73 Å². The van der Waals surface area contributed by atoms with Gasteiger partial charge in [0, 0.05) is 11.3 Å². The number of hydrogen-bond donors (Lipinski definition) is 3. The second kappa shape index (κ2) is 6.06. The maximum absolute atomic E-state index is 7.46. The van der Waals surface area contributed by atoms with E-state index in [0.29, 0.717) is 0 Å². The van der Waals surface area contributed by atoms with Crippen LogP contribution in [0.5, 0.6) is 0 Å². The SMILES string of the molecule is C/C(=C\c1cccc(C(=N)N)c1)Cc1ccccc1N. The van der Waals surface area contributed by atoms with E-state index in [1.807, 2.05) is 48.5 Å². The summed E-state index contributed by atoms with van der Waals surface area (Å²) in [5, 5.41) is 7.46. The molecule has 0 saturated carbocycles. The highest BCUT2D eigenvalue weighted by Gasteiger charge is 2.01. The van der Waals surface area contributed by atoms with E-state index >= 15 is 0 Å². The van der Waals surface area contributed by atoms with Crippen molar-refractivity contribution in [2.45, 2.75) is 13.3 Å². The smallest absolute Gasteiger partial charge is 0.122 e. The second-order valence-corrected chi connectivity index (χ2v) is 4.91. The van der Waals surface area contributed by atoms with Crippen LogP contribution in [0.4, 0.5) is 5.69 Å². The summed E-state index contributed by atoms with van der Waals surface area (Å²) in [6.45, 7) is 2.08. The van der Waals surface area contributed by atoms with E-state index in [-0.39, 0.29) is 5.84 Å². The van der Waals surface area contributed by atoms with Gasteiger partial charge in [0.2, 0.25) is 0 Å². The minimum Gasteiger partial charge on any atom is -0.398 e. The number of nitrogens with one attached hydrogen (secondary N) is 1. The molecule has 2 aromatic carbocycles. The first-order valence-electron chi connectivity index (χ1n) is 6.51. The van der Waals surface area contributed by atoms with Crippen molar-refractivity contribution in [1.82, 2.24) is 0 Å². The van der Waals surface area contributed by atoms with Crippen LogP contribution in [0, 0.1) is 5.41 Å². The molecule has 0 saturated heterocycles. The minimum absolute atomic E-state index is 0.0882. The molecule has 0 aliphatic heterocycles. The zero-order chi connectivity index (χ0) is 14.5. The van der Waals surface area contributed by atoms with Gasteiger partial charge in [-0.15, -0.1) is 0 Å². The Morgan fingerprint density at radius 2 is 1.90 bits per heavy atom. The van der Waals surface area contributed by atoms with Crippen LogP contribution < -0.4 is 11.5 Å². The molecule has 2 aromatic rings. The molecule has 0 atom stereocenters. The summed E-state index contributed by atoms with van der Waals surface area (Å²) in [6.07, 6.45) is 2.91. The average molecular weight is 265 g/mol. The van der Waals surface area contributed by atoms with E-state index in [1.165, 1.54) is 5.57 Å². The van der Waals surface area contributed by atoms with Crippen LogP contribution in [0.15, 0.2) is 54.1 Å². The molecular weight excluding hydrogens is 246 g/mol. The molecule has 102 valence electrons. The molecule has 0 aromatic heterocycles. The molecule has 0 fully saturated rings. The molecular formula is C17H19N3. The first-order valence-corrected chi connectivity index (χ1v) is 6.51. The molecule has 0 aliphatic carbocycles. The van der Waals surface area contributed by atoms with Crippen molar-refractivity contribution >= 4 is 17.6 Å². The van der Waals surface area contributed by atoms with Gasteiger partial charge in [0.1, 0.15) is 5.84 Å². The van der Waals surface area contributed by atoms with Crippen LogP contribution in [0.3, 0.4) is 0 Å². The number of amidine groups is 1. The van der Waals surface area contributed by atoms with Crippen molar-refractivity contribution in [2.75, 3.05) is 5.73 Å². The number of para-hydroxylation sites is 1. The first kappa shape index (κ1) is 13.9. The van der Waals surface area contributed by atoms with E-state index < -0.39 is 0 Å². The Hall–Kier alpha value is -2.55. The lowest BCUT2D eigenvalue weighted by molar-refractivity contribution is 1.16. The van der Waals surface area contributed by atoms with Crippen LogP contribution >= 0.6 is 0 Å². The molecule has 0 spiro atoms. The molecule has 3 nitrogen and oxygen atoms in total. The zero-order valence-corrected chi connectivity index (χ0v) is 11.6. The fraction of sp³-hybridized carbons (Fsp3) is 0.118. The molecule has 20 heavy (non-hydrogen) atoms. The number of benzene rings is 2. The molecule has 0 radical (unpaired) electrons.